The van der Waals surface area contributed by atoms with Gasteiger partial charge in [-0.25, -0.2) is 4.98 Å². The molecule has 2 unspecified atom stereocenters. The van der Waals surface area contributed by atoms with Crippen molar-refractivity contribution in [3.8, 4) is 0 Å². The minimum atomic E-state index is -4.59. The first-order chi connectivity index (χ1) is 14.6. The van der Waals surface area contributed by atoms with Crippen LogP contribution in [0.1, 0.15) is 37.8 Å². The van der Waals surface area contributed by atoms with Crippen LogP contribution < -0.4 is 11.1 Å². The molecule has 3 aliphatic rings. The minimum Gasteiger partial charge on any atom is -0.383 e. The van der Waals surface area contributed by atoms with Gasteiger partial charge < -0.3 is 15.8 Å². The van der Waals surface area contributed by atoms with Gasteiger partial charge in [0.1, 0.15) is 11.5 Å². The molecule has 2 atom stereocenters. The predicted molar refractivity (Wildman–Crippen MR) is 112 cm³/mol. The van der Waals surface area contributed by atoms with E-state index in [0.29, 0.717) is 29.8 Å². The number of ether oxygens (including phenoxy) is 1. The average molecular weight is 439 g/mol. The quantitative estimate of drug-likeness (QED) is 0.594. The van der Waals surface area contributed by atoms with Crippen LogP contribution in [0.4, 0.5) is 19.0 Å². The standard InChI is InChI=1S/C22H30F3N5O/c1-12(2)29-19(10-18(26)13-7-17(22(23,24)25)21(27)28-11-13)20-15-8-14(9-16(15)20)30-3-5-31-6-4-30/h7,10-12,14-16,20,26,29H,3-6,8-9H2,1-2H3,(H2,27,28)/p+1. The normalized spacial score (nSPS) is 29.3. The van der Waals surface area contributed by atoms with Crippen LogP contribution >= 0.6 is 0 Å². The lowest BCUT2D eigenvalue weighted by Crippen LogP contribution is -2.87. The maximum Gasteiger partial charge on any atom is 0.419 e. The fourth-order valence-corrected chi connectivity index (χ4v) is 5.29. The summed E-state index contributed by atoms with van der Waals surface area (Å²) in [5.41, 5.74) is 5.66. The molecule has 6 nitrogen and oxygen atoms in total. The Labute approximate surface area is 180 Å². The molecular weight excluding hydrogens is 407 g/mol. The van der Waals surface area contributed by atoms with E-state index >= 15 is 0 Å². The summed E-state index contributed by atoms with van der Waals surface area (Å²) >= 11 is 0. The zero-order valence-corrected chi connectivity index (χ0v) is 18.0. The highest BCUT2D eigenvalue weighted by atomic mass is 19.4. The monoisotopic (exact) mass is 438 g/mol. The molecule has 0 bridgehead atoms. The molecule has 5 N–H and O–H groups in total. The molecule has 31 heavy (non-hydrogen) atoms. The number of nitrogens with two attached hydrogens (primary N) is 2. The van der Waals surface area contributed by atoms with Gasteiger partial charge in [-0.2, -0.15) is 13.2 Å². The second kappa shape index (κ2) is 8.52. The summed E-state index contributed by atoms with van der Waals surface area (Å²) in [6.45, 7) is 7.75. The van der Waals surface area contributed by atoms with E-state index in [9.17, 15) is 13.2 Å². The van der Waals surface area contributed by atoms with Crippen molar-refractivity contribution in [1.82, 2.24) is 9.88 Å². The van der Waals surface area contributed by atoms with Gasteiger partial charge in [0.15, 0.2) is 0 Å². The molecule has 2 saturated carbocycles. The zero-order valence-electron chi connectivity index (χ0n) is 18.0. The molecule has 0 amide bonds. The van der Waals surface area contributed by atoms with Crippen molar-refractivity contribution >= 4 is 11.5 Å². The van der Waals surface area contributed by atoms with Crippen molar-refractivity contribution in [2.45, 2.75) is 44.9 Å². The molecule has 1 aromatic heterocycles. The van der Waals surface area contributed by atoms with E-state index in [1.165, 1.54) is 6.20 Å². The van der Waals surface area contributed by atoms with Crippen LogP contribution in [-0.2, 0) is 10.9 Å². The SMILES string of the molecule is CC(C)[NH2+]C(=CC(=N)c1cnc(N)c(C(F)(F)F)c1)C1C2CC(N3CCOCC3)CC21. The van der Waals surface area contributed by atoms with Crippen molar-refractivity contribution in [1.29, 1.82) is 5.41 Å². The number of morpholine rings is 1. The van der Waals surface area contributed by atoms with Gasteiger partial charge in [-0.3, -0.25) is 10.3 Å². The van der Waals surface area contributed by atoms with Gasteiger partial charge in [0.25, 0.3) is 0 Å². The number of hydrogen-bond acceptors (Lipinski definition) is 5. The van der Waals surface area contributed by atoms with Crippen LogP contribution in [0.15, 0.2) is 24.0 Å². The Bertz CT molecular complexity index is 851. The molecule has 1 aromatic rings. The van der Waals surface area contributed by atoms with Crippen LogP contribution in [0.5, 0.6) is 0 Å². The van der Waals surface area contributed by atoms with Gasteiger partial charge in [-0.15, -0.1) is 0 Å². The molecule has 4 rings (SSSR count). The van der Waals surface area contributed by atoms with Gasteiger partial charge in [-0.1, -0.05) is 0 Å². The number of alkyl halides is 3. The summed E-state index contributed by atoms with van der Waals surface area (Å²) < 4.78 is 45.0. The summed E-state index contributed by atoms with van der Waals surface area (Å²) in [5, 5.41) is 10.6. The third kappa shape index (κ3) is 4.78. The van der Waals surface area contributed by atoms with Gasteiger partial charge in [0.05, 0.1) is 30.5 Å². The van der Waals surface area contributed by atoms with Gasteiger partial charge in [-0.05, 0) is 44.6 Å². The van der Waals surface area contributed by atoms with Crippen molar-refractivity contribution in [2.75, 3.05) is 32.0 Å². The zero-order chi connectivity index (χ0) is 22.3. The van der Waals surface area contributed by atoms with E-state index in [-0.39, 0.29) is 11.3 Å². The van der Waals surface area contributed by atoms with Crippen LogP contribution in [0.3, 0.4) is 0 Å². The Morgan fingerprint density at radius 1 is 1.29 bits per heavy atom. The Kier molecular flexibility index (Phi) is 6.11. The first kappa shape index (κ1) is 22.2. The fraction of sp³-hybridized carbons (Fsp3) is 0.636. The number of allylic oxidation sites excluding steroid dienone is 2. The Hall–Kier alpha value is -1.97. The summed E-state index contributed by atoms with van der Waals surface area (Å²) in [7, 11) is 0. The number of anilines is 1. The molecule has 0 spiro atoms. The van der Waals surface area contributed by atoms with Crippen molar-refractivity contribution in [3.63, 3.8) is 0 Å². The van der Waals surface area contributed by atoms with E-state index in [2.05, 4.69) is 29.0 Å². The number of halogens is 3. The minimum absolute atomic E-state index is 0.0413. The van der Waals surface area contributed by atoms with E-state index in [1.807, 2.05) is 0 Å². The third-order valence-electron chi connectivity index (χ3n) is 6.74. The number of pyridine rings is 1. The number of hydrogen-bond donors (Lipinski definition) is 3. The molecule has 2 aliphatic carbocycles. The highest BCUT2D eigenvalue weighted by Gasteiger charge is 2.60. The average Bonchev–Trinajstić information content (AvgIpc) is 3.20. The fourth-order valence-electron chi connectivity index (χ4n) is 5.29. The van der Waals surface area contributed by atoms with Crippen LogP contribution in [-0.4, -0.2) is 54.0 Å². The number of quaternary nitrogens is 1. The molecule has 3 fully saturated rings. The van der Waals surface area contributed by atoms with Gasteiger partial charge in [0, 0.05) is 42.9 Å². The first-order valence-corrected chi connectivity index (χ1v) is 10.9. The van der Waals surface area contributed by atoms with Crippen LogP contribution in [0.25, 0.3) is 0 Å². The van der Waals surface area contributed by atoms with E-state index in [4.69, 9.17) is 15.9 Å². The lowest BCUT2D eigenvalue weighted by Gasteiger charge is -2.33. The molecule has 1 saturated heterocycles. The lowest BCUT2D eigenvalue weighted by atomic mass is 10.0. The highest BCUT2D eigenvalue weighted by Crippen LogP contribution is 2.60. The highest BCUT2D eigenvalue weighted by molar-refractivity contribution is 6.06. The summed E-state index contributed by atoms with van der Waals surface area (Å²) in [4.78, 5) is 6.21. The molecule has 0 radical (unpaired) electrons. The number of rotatable bonds is 6. The van der Waals surface area contributed by atoms with E-state index in [0.717, 1.165) is 50.9 Å². The number of nitrogen functional groups attached to an aromatic ring is 1. The van der Waals surface area contributed by atoms with Crippen molar-refractivity contribution < 1.29 is 23.2 Å². The summed E-state index contributed by atoms with van der Waals surface area (Å²) in [5.74, 6) is 1.02. The molecule has 0 aromatic carbocycles. The Morgan fingerprint density at radius 3 is 2.52 bits per heavy atom. The van der Waals surface area contributed by atoms with Crippen LogP contribution in [0, 0.1) is 23.2 Å². The second-order valence-corrected chi connectivity index (χ2v) is 9.25. The number of fused-ring (bicyclic) bond motifs is 1. The van der Waals surface area contributed by atoms with Crippen molar-refractivity contribution in [3.05, 3.63) is 35.2 Å². The molecular formula is C22H31F3N5O+. The lowest BCUT2D eigenvalue weighted by molar-refractivity contribution is -0.640. The topological polar surface area (TPSA) is 91.8 Å². The number of aromatic nitrogens is 1. The Morgan fingerprint density at radius 2 is 1.94 bits per heavy atom. The molecule has 1 aliphatic heterocycles. The molecule has 170 valence electrons. The first-order valence-electron chi connectivity index (χ1n) is 10.9. The maximum atomic E-state index is 13.2. The van der Waals surface area contributed by atoms with Crippen LogP contribution in [0.2, 0.25) is 0 Å². The Balaban J connectivity index is 1.49. The third-order valence-corrected chi connectivity index (χ3v) is 6.74. The second-order valence-electron chi connectivity index (χ2n) is 9.25. The van der Waals surface area contributed by atoms with Crippen molar-refractivity contribution in [2.24, 2.45) is 17.8 Å². The maximum absolute atomic E-state index is 13.2. The molecule has 2 heterocycles. The van der Waals surface area contributed by atoms with E-state index < -0.39 is 17.6 Å². The number of nitrogens with one attached hydrogen (secondary N) is 1. The van der Waals surface area contributed by atoms with Gasteiger partial charge in [0.2, 0.25) is 0 Å². The van der Waals surface area contributed by atoms with E-state index in [1.54, 1.807) is 6.08 Å². The predicted octanol–water partition coefficient (Wildman–Crippen LogP) is 2.26. The largest absolute Gasteiger partial charge is 0.419 e. The molecule has 9 heteroatoms. The smallest absolute Gasteiger partial charge is 0.383 e. The summed E-state index contributed by atoms with van der Waals surface area (Å²) in [6.07, 6.45) is 0.686. The van der Waals surface area contributed by atoms with Gasteiger partial charge >= 0.3 is 6.18 Å². The summed E-state index contributed by atoms with van der Waals surface area (Å²) in [6, 6.07) is 1.83. The number of nitrogens with zero attached hydrogens (tertiary/aromatic N) is 2.